The first-order valence-corrected chi connectivity index (χ1v) is 21.3. The first-order valence-electron chi connectivity index (χ1n) is 21.3. The number of ether oxygens (including phenoxy) is 10. The van der Waals surface area contributed by atoms with Crippen molar-refractivity contribution < 1.29 is 62.4 Å². The summed E-state index contributed by atoms with van der Waals surface area (Å²) in [6.45, 7) is 13.1. The minimum atomic E-state index is -0.808. The minimum absolute atomic E-state index is 0.00281. The van der Waals surface area contributed by atoms with E-state index in [9.17, 15) is 15.0 Å². The fraction of sp³-hybridized carbons (Fsp3) is 0.881. The van der Waals surface area contributed by atoms with Crippen molar-refractivity contribution in [3.8, 4) is 0 Å². The Morgan fingerprint density at radius 3 is 2.27 bits per heavy atom. The molecule has 13 nitrogen and oxygen atoms in total. The molecule has 0 aromatic carbocycles. The summed E-state index contributed by atoms with van der Waals surface area (Å²) in [7, 11) is 0. The number of hydrogen-bond donors (Lipinski definition) is 2. The van der Waals surface area contributed by atoms with Gasteiger partial charge in [-0.3, -0.25) is 4.79 Å². The molecule has 0 saturated carbocycles. The average molecular weight is 773 g/mol. The van der Waals surface area contributed by atoms with Gasteiger partial charge in [0.2, 0.25) is 0 Å². The first kappa shape index (κ1) is 37.8. The molecule has 0 aliphatic carbocycles. The highest BCUT2D eigenvalue weighted by molar-refractivity contribution is 5.70. The molecule has 2 N–H and O–H groups in total. The average Bonchev–Trinajstić information content (AvgIpc) is 3.74. The summed E-state index contributed by atoms with van der Waals surface area (Å²) < 4.78 is 66.9. The summed E-state index contributed by atoms with van der Waals surface area (Å²) in [6, 6.07) is 0. The van der Waals surface area contributed by atoms with Crippen LogP contribution in [0.2, 0.25) is 0 Å². The van der Waals surface area contributed by atoms with E-state index in [1.54, 1.807) is 0 Å². The molecule has 11 aliphatic rings. The van der Waals surface area contributed by atoms with Crippen LogP contribution < -0.4 is 0 Å². The highest BCUT2D eigenvalue weighted by Gasteiger charge is 2.69. The number of esters is 1. The molecule has 0 aromatic rings. The van der Waals surface area contributed by atoms with Crippen molar-refractivity contribution in [2.75, 3.05) is 6.61 Å². The van der Waals surface area contributed by atoms with Crippen molar-refractivity contribution >= 4 is 5.97 Å². The summed E-state index contributed by atoms with van der Waals surface area (Å²) in [5.74, 6) is -1.18. The van der Waals surface area contributed by atoms with Crippen LogP contribution in [0.4, 0.5) is 0 Å². The maximum Gasteiger partial charge on any atom is 0.308 e. The second-order valence-electron chi connectivity index (χ2n) is 18.5. The fourth-order valence-corrected chi connectivity index (χ4v) is 11.9. The number of aliphatic hydroxyl groups excluding tert-OH is 2. The third-order valence-corrected chi connectivity index (χ3v) is 14.8. The van der Waals surface area contributed by atoms with Gasteiger partial charge in [-0.15, -0.1) is 0 Å². The number of hydrogen-bond acceptors (Lipinski definition) is 13. The molecular weight excluding hydrogens is 712 g/mol. The summed E-state index contributed by atoms with van der Waals surface area (Å²) in [5.41, 5.74) is 2.14. The zero-order chi connectivity index (χ0) is 37.7. The molecule has 13 heteroatoms. The van der Waals surface area contributed by atoms with Gasteiger partial charge in [0, 0.05) is 38.2 Å². The van der Waals surface area contributed by atoms with Crippen molar-refractivity contribution in [3.63, 3.8) is 0 Å². The molecule has 0 aromatic heterocycles. The molecule has 306 valence electrons. The van der Waals surface area contributed by atoms with Crippen LogP contribution in [0.3, 0.4) is 0 Å². The molecule has 11 aliphatic heterocycles. The van der Waals surface area contributed by atoms with E-state index in [-0.39, 0.29) is 98.0 Å². The number of carbonyl (C=O) groups is 1. The maximum atomic E-state index is 14.0. The number of rotatable bonds is 2. The van der Waals surface area contributed by atoms with E-state index in [0.29, 0.717) is 38.5 Å². The van der Waals surface area contributed by atoms with Gasteiger partial charge in [-0.05, 0) is 68.4 Å². The predicted octanol–water partition coefficient (Wildman–Crippen LogP) is 3.59. The lowest BCUT2D eigenvalue weighted by molar-refractivity contribution is -0.293. The van der Waals surface area contributed by atoms with Gasteiger partial charge < -0.3 is 57.6 Å². The van der Waals surface area contributed by atoms with Crippen LogP contribution in [0, 0.1) is 11.8 Å². The van der Waals surface area contributed by atoms with Crippen LogP contribution in [0.25, 0.3) is 0 Å². The summed E-state index contributed by atoms with van der Waals surface area (Å²) in [5, 5.41) is 20.6. The van der Waals surface area contributed by atoms with E-state index < -0.39 is 48.5 Å². The molecule has 12 bridgehead atoms. The van der Waals surface area contributed by atoms with Crippen LogP contribution in [-0.4, -0.2) is 138 Å². The Kier molecular flexibility index (Phi) is 10.1. The van der Waals surface area contributed by atoms with Gasteiger partial charge in [0.1, 0.15) is 36.6 Å². The Labute approximate surface area is 323 Å². The largest absolute Gasteiger partial charge is 0.459 e. The quantitative estimate of drug-likeness (QED) is 0.312. The summed E-state index contributed by atoms with van der Waals surface area (Å²) in [6.07, 6.45) is 2.38. The summed E-state index contributed by atoms with van der Waals surface area (Å²) in [4.78, 5) is 14.0. The van der Waals surface area contributed by atoms with Gasteiger partial charge in [0.25, 0.3) is 0 Å². The first-order chi connectivity index (χ1) is 26.5. The summed E-state index contributed by atoms with van der Waals surface area (Å²) >= 11 is 0. The molecule has 0 amide bonds. The van der Waals surface area contributed by atoms with E-state index in [1.165, 1.54) is 0 Å². The van der Waals surface area contributed by atoms with Crippen molar-refractivity contribution in [1.82, 2.24) is 0 Å². The predicted molar refractivity (Wildman–Crippen MR) is 193 cm³/mol. The van der Waals surface area contributed by atoms with Crippen LogP contribution in [0.5, 0.6) is 0 Å². The van der Waals surface area contributed by atoms with E-state index >= 15 is 0 Å². The highest BCUT2D eigenvalue weighted by atomic mass is 16.8. The Balaban J connectivity index is 0.934. The van der Waals surface area contributed by atoms with Crippen molar-refractivity contribution in [2.45, 2.75) is 213 Å². The number of carbonyl (C=O) groups excluding carboxylic acids is 1. The van der Waals surface area contributed by atoms with E-state index in [1.807, 2.05) is 6.92 Å². The van der Waals surface area contributed by atoms with E-state index in [0.717, 1.165) is 49.7 Å². The van der Waals surface area contributed by atoms with Gasteiger partial charge in [-0.2, -0.15) is 0 Å². The smallest absolute Gasteiger partial charge is 0.308 e. The van der Waals surface area contributed by atoms with Crippen LogP contribution >= 0.6 is 0 Å². The lowest BCUT2D eigenvalue weighted by Crippen LogP contribution is -2.62. The van der Waals surface area contributed by atoms with Crippen LogP contribution in [-0.2, 0) is 52.2 Å². The molecule has 21 atom stereocenters. The Morgan fingerprint density at radius 2 is 1.42 bits per heavy atom. The Bertz CT molecular complexity index is 1490. The zero-order valence-corrected chi connectivity index (χ0v) is 32.2. The Morgan fingerprint density at radius 1 is 0.673 bits per heavy atom. The molecular formula is C42H60O13. The van der Waals surface area contributed by atoms with E-state index in [4.69, 9.17) is 47.4 Å². The lowest BCUT2D eigenvalue weighted by atomic mass is 9.79. The lowest BCUT2D eigenvalue weighted by Gasteiger charge is -2.51. The van der Waals surface area contributed by atoms with Gasteiger partial charge >= 0.3 is 5.97 Å². The molecule has 11 fully saturated rings. The Hall–Kier alpha value is -1.49. The second-order valence-corrected chi connectivity index (χ2v) is 18.5. The SMILES string of the molecule is C=C1C(C)CC2CC[C@@H]3OC(CC[C@@]45CC6OC7C(O4)[C@H]4OC(CCC4O[C@H]7C6O5)CC(=O)OC4[C@H](CC1O2)O[C@H]1CC(O)C(CCO)O[C@H]1[C@@H]4C)CC3=C. The number of fused-ring (bicyclic) bond motifs is 7. The van der Waals surface area contributed by atoms with Crippen LogP contribution in [0.1, 0.15) is 97.3 Å². The van der Waals surface area contributed by atoms with E-state index in [2.05, 4.69) is 20.1 Å². The standard InChI is InChI=1S/C42H60O13/c1-19-13-23-5-7-27-20(2)14-25(46-27)9-11-42-18-33-38(54-42)39-40(52-33)41(55-42)37-29(51-39)8-6-24(48-37)15-34(45)53-36-22(4)35-31(16-26(44)28(50-35)10-12-43)49-32(36)17-30(47-23)21(19)3/h19,22-33,35-41,43-44H,2-3,5-18H2,1,4H3/t19?,22-,23?,24?,25?,26?,27-,28?,29?,30?,31-,32-,33?,35-,36?,37-,38?,39-,40?,41?,42-/m0/s1. The normalized spacial score (nSPS) is 54.9. The number of aliphatic hydroxyl groups is 2. The monoisotopic (exact) mass is 772 g/mol. The molecule has 0 radical (unpaired) electrons. The molecule has 11 heterocycles. The fourth-order valence-electron chi connectivity index (χ4n) is 11.9. The van der Waals surface area contributed by atoms with Gasteiger partial charge in [-0.25, -0.2) is 0 Å². The van der Waals surface area contributed by atoms with Crippen molar-refractivity contribution in [2.24, 2.45) is 11.8 Å². The highest BCUT2D eigenvalue weighted by Crippen LogP contribution is 2.54. The second kappa shape index (κ2) is 14.7. The molecule has 13 unspecified atom stereocenters. The topological polar surface area (TPSA) is 150 Å². The zero-order valence-electron chi connectivity index (χ0n) is 32.2. The third-order valence-electron chi connectivity index (χ3n) is 14.8. The van der Waals surface area contributed by atoms with Gasteiger partial charge in [-0.1, -0.05) is 27.0 Å². The van der Waals surface area contributed by atoms with Gasteiger partial charge in [0.15, 0.2) is 5.79 Å². The van der Waals surface area contributed by atoms with Crippen molar-refractivity contribution in [3.05, 3.63) is 24.3 Å². The van der Waals surface area contributed by atoms with Crippen molar-refractivity contribution in [1.29, 1.82) is 0 Å². The third kappa shape index (κ3) is 6.79. The molecule has 1 spiro atoms. The maximum absolute atomic E-state index is 14.0. The minimum Gasteiger partial charge on any atom is -0.459 e. The van der Waals surface area contributed by atoms with Gasteiger partial charge in [0.05, 0.1) is 79.7 Å². The van der Waals surface area contributed by atoms with Crippen LogP contribution in [0.15, 0.2) is 24.3 Å². The molecule has 11 rings (SSSR count). The molecule has 55 heavy (non-hydrogen) atoms. The molecule has 11 saturated heterocycles.